The normalized spacial score (nSPS) is 17.8. The number of aromatic nitrogens is 2. The third kappa shape index (κ3) is 6.44. The molecule has 0 spiro atoms. The molecule has 4 aromatic rings. The van der Waals surface area contributed by atoms with Gasteiger partial charge in [-0.15, -0.1) is 0 Å². The number of sulfonamides is 1. The zero-order valence-corrected chi connectivity index (χ0v) is 24.1. The Hall–Kier alpha value is -3.11. The zero-order valence-electron chi connectivity index (χ0n) is 22.6. The van der Waals surface area contributed by atoms with Gasteiger partial charge in [-0.1, -0.05) is 29.8 Å². The molecule has 0 radical (unpaired) electrons. The fourth-order valence-corrected chi connectivity index (χ4v) is 6.97. The molecule has 0 unspecified atom stereocenters. The van der Waals surface area contributed by atoms with E-state index in [-0.39, 0.29) is 15.6 Å². The summed E-state index contributed by atoms with van der Waals surface area (Å²) < 4.78 is 43.1. The zero-order chi connectivity index (χ0) is 28.3. The fourth-order valence-electron chi connectivity index (χ4n) is 5.38. The lowest BCUT2D eigenvalue weighted by Crippen LogP contribution is -2.40. The molecule has 1 saturated carbocycles. The number of rotatable bonds is 9. The monoisotopic (exact) mass is 581 g/mol. The Labute approximate surface area is 239 Å². The number of halogens is 2. The average Bonchev–Trinajstić information content (AvgIpc) is 2.94. The first-order valence-electron chi connectivity index (χ1n) is 13.4. The molecular formula is C30H33ClFN5O2S. The van der Waals surface area contributed by atoms with Crippen LogP contribution in [-0.4, -0.2) is 56.0 Å². The lowest BCUT2D eigenvalue weighted by molar-refractivity contribution is 0.205. The van der Waals surface area contributed by atoms with Gasteiger partial charge in [0, 0.05) is 23.7 Å². The standard InChI is InChI=1S/C30H33ClFN5O2S/c1-37(2)25-10-8-24(9-11-25)34-14-13-21-15-22(16-23-18-33-19-35-30(21)23)20-7-12-28(27(32)17-20)36-40(38,39)29-6-4-3-5-26(29)31/h3-7,12,15-19,24-25,34,36H,8-11,13-14H2,1-2H3. The van der Waals surface area contributed by atoms with Crippen molar-refractivity contribution in [2.45, 2.75) is 49.1 Å². The second-order valence-electron chi connectivity index (χ2n) is 10.5. The van der Waals surface area contributed by atoms with E-state index < -0.39 is 15.8 Å². The van der Waals surface area contributed by atoms with Crippen LogP contribution in [0.5, 0.6) is 0 Å². The van der Waals surface area contributed by atoms with Crippen molar-refractivity contribution in [1.82, 2.24) is 20.2 Å². The van der Waals surface area contributed by atoms with Gasteiger partial charge in [-0.2, -0.15) is 0 Å². The Morgan fingerprint density at radius 2 is 1.80 bits per heavy atom. The first kappa shape index (κ1) is 28.4. The van der Waals surface area contributed by atoms with Gasteiger partial charge < -0.3 is 10.2 Å². The smallest absolute Gasteiger partial charge is 0.263 e. The molecule has 40 heavy (non-hydrogen) atoms. The number of hydrogen-bond acceptors (Lipinski definition) is 6. The Morgan fingerprint density at radius 1 is 1.02 bits per heavy atom. The summed E-state index contributed by atoms with van der Waals surface area (Å²) in [6.45, 7) is 0.816. The molecule has 1 aliphatic carbocycles. The maximum Gasteiger partial charge on any atom is 0.263 e. The molecule has 5 rings (SSSR count). The molecule has 210 valence electrons. The summed E-state index contributed by atoms with van der Waals surface area (Å²) in [4.78, 5) is 10.9. The molecule has 10 heteroatoms. The molecule has 0 atom stereocenters. The van der Waals surface area contributed by atoms with Crippen LogP contribution in [-0.2, 0) is 16.4 Å². The fraction of sp³-hybridized carbons (Fsp3) is 0.333. The van der Waals surface area contributed by atoms with Crippen LogP contribution in [0.3, 0.4) is 0 Å². The van der Waals surface area contributed by atoms with E-state index in [1.165, 1.54) is 37.1 Å². The molecule has 1 aromatic heterocycles. The summed E-state index contributed by atoms with van der Waals surface area (Å²) in [6, 6.07) is 15.6. The van der Waals surface area contributed by atoms with Crippen LogP contribution in [0.2, 0.25) is 5.02 Å². The lowest BCUT2D eigenvalue weighted by Gasteiger charge is -2.33. The van der Waals surface area contributed by atoms with E-state index in [0.717, 1.165) is 47.8 Å². The van der Waals surface area contributed by atoms with Crippen molar-refractivity contribution in [3.63, 3.8) is 0 Å². The van der Waals surface area contributed by atoms with Gasteiger partial charge in [0.15, 0.2) is 0 Å². The van der Waals surface area contributed by atoms with Gasteiger partial charge in [0.1, 0.15) is 17.0 Å². The van der Waals surface area contributed by atoms with Crippen molar-refractivity contribution >= 4 is 38.2 Å². The Bertz CT molecular complexity index is 1610. The van der Waals surface area contributed by atoms with Gasteiger partial charge in [0.25, 0.3) is 10.0 Å². The minimum atomic E-state index is -4.05. The summed E-state index contributed by atoms with van der Waals surface area (Å²) in [5.74, 6) is -0.686. The van der Waals surface area contributed by atoms with Gasteiger partial charge in [-0.25, -0.2) is 22.8 Å². The van der Waals surface area contributed by atoms with Gasteiger partial charge in [0.2, 0.25) is 0 Å². The molecule has 7 nitrogen and oxygen atoms in total. The van der Waals surface area contributed by atoms with Crippen molar-refractivity contribution < 1.29 is 12.8 Å². The Morgan fingerprint density at radius 3 is 2.52 bits per heavy atom. The Balaban J connectivity index is 1.34. The SMILES string of the molecule is CN(C)C1CCC(NCCc2cc(-c3ccc(NS(=O)(=O)c4ccccc4Cl)c(F)c3)cc3cncnc23)CC1. The molecular weight excluding hydrogens is 549 g/mol. The summed E-state index contributed by atoms with van der Waals surface area (Å²) in [7, 11) is 0.245. The van der Waals surface area contributed by atoms with Gasteiger partial charge in [0.05, 0.1) is 16.2 Å². The van der Waals surface area contributed by atoms with Gasteiger partial charge in [-0.3, -0.25) is 4.72 Å². The number of anilines is 1. The summed E-state index contributed by atoms with van der Waals surface area (Å²) in [6.07, 6.45) is 8.80. The summed E-state index contributed by atoms with van der Waals surface area (Å²) in [5.41, 5.74) is 3.21. The highest BCUT2D eigenvalue weighted by Crippen LogP contribution is 2.31. The highest BCUT2D eigenvalue weighted by Gasteiger charge is 2.22. The quantitative estimate of drug-likeness (QED) is 0.256. The number of benzene rings is 3. The third-order valence-electron chi connectivity index (χ3n) is 7.61. The van der Waals surface area contributed by atoms with E-state index in [2.05, 4.69) is 39.0 Å². The second kappa shape index (κ2) is 12.2. The molecule has 0 aliphatic heterocycles. The number of fused-ring (bicyclic) bond motifs is 1. The van der Waals surface area contributed by atoms with E-state index in [1.54, 1.807) is 30.7 Å². The van der Waals surface area contributed by atoms with Crippen molar-refractivity contribution in [3.8, 4) is 11.1 Å². The van der Waals surface area contributed by atoms with E-state index in [4.69, 9.17) is 11.6 Å². The van der Waals surface area contributed by atoms with Crippen LogP contribution in [0.15, 0.2) is 72.0 Å². The van der Waals surface area contributed by atoms with Crippen LogP contribution in [0, 0.1) is 5.82 Å². The summed E-state index contributed by atoms with van der Waals surface area (Å²) in [5, 5.41) is 4.64. The third-order valence-corrected chi connectivity index (χ3v) is 9.48. The molecule has 1 aliphatic rings. The van der Waals surface area contributed by atoms with Crippen LogP contribution in [0.1, 0.15) is 31.2 Å². The molecule has 0 amide bonds. The largest absolute Gasteiger partial charge is 0.314 e. The molecule has 1 fully saturated rings. The maximum absolute atomic E-state index is 15.2. The van der Waals surface area contributed by atoms with E-state index in [0.29, 0.717) is 17.6 Å². The van der Waals surface area contributed by atoms with Crippen molar-refractivity contribution in [2.75, 3.05) is 25.4 Å². The predicted octanol–water partition coefficient (Wildman–Crippen LogP) is 5.90. The van der Waals surface area contributed by atoms with E-state index >= 15 is 4.39 Å². The van der Waals surface area contributed by atoms with E-state index in [1.807, 2.05) is 12.1 Å². The van der Waals surface area contributed by atoms with Gasteiger partial charge in [-0.05, 0) is 106 Å². The highest BCUT2D eigenvalue weighted by atomic mass is 35.5. The van der Waals surface area contributed by atoms with Gasteiger partial charge >= 0.3 is 0 Å². The molecule has 0 saturated heterocycles. The topological polar surface area (TPSA) is 87.2 Å². The van der Waals surface area contributed by atoms with Crippen LogP contribution < -0.4 is 10.0 Å². The number of hydrogen-bond donors (Lipinski definition) is 2. The molecule has 3 aromatic carbocycles. The number of nitrogens with one attached hydrogen (secondary N) is 2. The number of nitrogens with zero attached hydrogens (tertiary/aromatic N) is 3. The van der Waals surface area contributed by atoms with Crippen LogP contribution in [0.4, 0.5) is 10.1 Å². The first-order chi connectivity index (χ1) is 19.2. The molecule has 1 heterocycles. The predicted molar refractivity (Wildman–Crippen MR) is 159 cm³/mol. The minimum absolute atomic E-state index is 0.0636. The summed E-state index contributed by atoms with van der Waals surface area (Å²) >= 11 is 6.05. The molecule has 0 bridgehead atoms. The van der Waals surface area contributed by atoms with Crippen molar-refractivity contribution in [2.24, 2.45) is 0 Å². The Kier molecular flexibility index (Phi) is 8.65. The van der Waals surface area contributed by atoms with Crippen LogP contribution >= 0.6 is 11.6 Å². The van der Waals surface area contributed by atoms with Crippen LogP contribution in [0.25, 0.3) is 22.0 Å². The van der Waals surface area contributed by atoms with Crippen molar-refractivity contribution in [3.05, 3.63) is 83.5 Å². The second-order valence-corrected chi connectivity index (χ2v) is 12.6. The van der Waals surface area contributed by atoms with Crippen molar-refractivity contribution in [1.29, 1.82) is 0 Å². The molecule has 2 N–H and O–H groups in total. The highest BCUT2D eigenvalue weighted by molar-refractivity contribution is 7.92. The van der Waals surface area contributed by atoms with E-state index in [9.17, 15) is 8.42 Å². The maximum atomic E-state index is 15.2. The minimum Gasteiger partial charge on any atom is -0.314 e. The lowest BCUT2D eigenvalue weighted by atomic mass is 9.90. The first-order valence-corrected chi connectivity index (χ1v) is 15.3. The average molecular weight is 582 g/mol.